The number of aromatic nitrogens is 2. The molecule has 1 amide bonds. The molecule has 3 aromatic rings. The fourth-order valence-electron chi connectivity index (χ4n) is 2.77. The summed E-state index contributed by atoms with van der Waals surface area (Å²) >= 11 is 6.15. The average molecular weight is 414 g/mol. The highest BCUT2D eigenvalue weighted by molar-refractivity contribution is 6.32. The minimum Gasteiger partial charge on any atom is -0.495 e. The molecule has 0 aliphatic heterocycles. The number of rotatable bonds is 6. The number of benzene rings is 2. The van der Waals surface area contributed by atoms with Crippen molar-refractivity contribution in [3.63, 3.8) is 0 Å². The van der Waals surface area contributed by atoms with Crippen molar-refractivity contribution in [1.82, 2.24) is 9.78 Å². The summed E-state index contributed by atoms with van der Waals surface area (Å²) < 4.78 is 11.6. The standard InChI is InChI=1S/C21H20ClN3O4/c1-13(21(27)23-17-11-15(22)18(28-2)12-19(17)29-3)25-20(26)10-9-16(24-25)14-7-5-4-6-8-14/h4-13H,1-3H3,(H,23,27)/t13-/m1/s1. The maximum atomic E-state index is 12.8. The number of halogens is 1. The summed E-state index contributed by atoms with van der Waals surface area (Å²) in [7, 11) is 2.95. The monoisotopic (exact) mass is 413 g/mol. The molecule has 3 rings (SSSR count). The normalized spacial score (nSPS) is 11.6. The van der Waals surface area contributed by atoms with Crippen LogP contribution in [-0.2, 0) is 4.79 Å². The molecule has 0 bridgehead atoms. The highest BCUT2D eigenvalue weighted by Crippen LogP contribution is 2.36. The Morgan fingerprint density at radius 3 is 2.41 bits per heavy atom. The SMILES string of the molecule is COc1cc(OC)c(NC(=O)[C@@H](C)n2nc(-c3ccccc3)ccc2=O)cc1Cl. The molecule has 1 atom stereocenters. The molecule has 8 heteroatoms. The Kier molecular flexibility index (Phi) is 6.19. The van der Waals surface area contributed by atoms with Gasteiger partial charge in [0.25, 0.3) is 5.56 Å². The summed E-state index contributed by atoms with van der Waals surface area (Å²) in [5.74, 6) is 0.359. The summed E-state index contributed by atoms with van der Waals surface area (Å²) in [6.07, 6.45) is 0. The highest BCUT2D eigenvalue weighted by Gasteiger charge is 2.20. The van der Waals surface area contributed by atoms with Crippen molar-refractivity contribution in [2.45, 2.75) is 13.0 Å². The van der Waals surface area contributed by atoms with Gasteiger partial charge in [0.2, 0.25) is 5.91 Å². The molecule has 1 heterocycles. The van der Waals surface area contributed by atoms with E-state index in [1.165, 1.54) is 26.4 Å². The molecule has 0 aliphatic carbocycles. The first-order chi connectivity index (χ1) is 13.9. The summed E-state index contributed by atoms with van der Waals surface area (Å²) in [6.45, 7) is 1.59. The summed E-state index contributed by atoms with van der Waals surface area (Å²) in [5, 5.41) is 7.41. The number of nitrogens with one attached hydrogen (secondary N) is 1. The minimum atomic E-state index is -0.864. The molecule has 0 saturated heterocycles. The van der Waals surface area contributed by atoms with Gasteiger partial charge in [-0.1, -0.05) is 41.9 Å². The van der Waals surface area contributed by atoms with E-state index in [1.807, 2.05) is 30.3 Å². The van der Waals surface area contributed by atoms with Crippen molar-refractivity contribution in [2.75, 3.05) is 19.5 Å². The van der Waals surface area contributed by atoms with Gasteiger partial charge in [-0.3, -0.25) is 9.59 Å². The third kappa shape index (κ3) is 4.41. The van der Waals surface area contributed by atoms with Gasteiger partial charge in [0.15, 0.2) is 0 Å². The number of hydrogen-bond donors (Lipinski definition) is 1. The summed E-state index contributed by atoms with van der Waals surface area (Å²) in [5.41, 5.74) is 1.42. The molecule has 150 valence electrons. The smallest absolute Gasteiger partial charge is 0.267 e. The maximum Gasteiger partial charge on any atom is 0.267 e. The number of anilines is 1. The summed E-state index contributed by atoms with van der Waals surface area (Å²) in [6, 6.07) is 14.7. The van der Waals surface area contributed by atoms with Crippen molar-refractivity contribution >= 4 is 23.2 Å². The first-order valence-corrected chi connectivity index (χ1v) is 9.20. The largest absolute Gasteiger partial charge is 0.495 e. The van der Waals surface area contributed by atoms with Crippen LogP contribution in [0.1, 0.15) is 13.0 Å². The second kappa shape index (κ2) is 8.79. The van der Waals surface area contributed by atoms with Crippen LogP contribution in [-0.4, -0.2) is 29.9 Å². The quantitative estimate of drug-likeness (QED) is 0.665. The van der Waals surface area contributed by atoms with Crippen LogP contribution >= 0.6 is 11.6 Å². The first-order valence-electron chi connectivity index (χ1n) is 8.82. The van der Waals surface area contributed by atoms with E-state index in [9.17, 15) is 9.59 Å². The van der Waals surface area contributed by atoms with Crippen molar-refractivity contribution in [3.8, 4) is 22.8 Å². The van der Waals surface area contributed by atoms with Gasteiger partial charge in [-0.25, -0.2) is 4.68 Å². The van der Waals surface area contributed by atoms with E-state index in [0.717, 1.165) is 10.2 Å². The first kappa shape index (κ1) is 20.4. The van der Waals surface area contributed by atoms with Crippen LogP contribution in [0, 0.1) is 0 Å². The Labute approximate surface area is 172 Å². The van der Waals surface area contributed by atoms with E-state index in [0.29, 0.717) is 27.9 Å². The lowest BCUT2D eigenvalue weighted by Crippen LogP contribution is -2.33. The van der Waals surface area contributed by atoms with Gasteiger partial charge in [0.1, 0.15) is 17.5 Å². The molecule has 0 fully saturated rings. The van der Waals surface area contributed by atoms with Crippen molar-refractivity contribution < 1.29 is 14.3 Å². The van der Waals surface area contributed by atoms with E-state index in [1.54, 1.807) is 19.1 Å². The Morgan fingerprint density at radius 2 is 1.76 bits per heavy atom. The molecule has 0 spiro atoms. The number of methoxy groups -OCH3 is 2. The van der Waals surface area contributed by atoms with Gasteiger partial charge >= 0.3 is 0 Å². The van der Waals surface area contributed by atoms with Crippen molar-refractivity contribution in [3.05, 3.63) is 70.0 Å². The second-order valence-electron chi connectivity index (χ2n) is 6.22. The molecule has 1 N–H and O–H groups in total. The molecule has 1 aromatic heterocycles. The Balaban J connectivity index is 1.90. The third-order valence-corrected chi connectivity index (χ3v) is 4.67. The van der Waals surface area contributed by atoms with Crippen molar-refractivity contribution in [1.29, 1.82) is 0 Å². The van der Waals surface area contributed by atoms with Crippen LogP contribution in [0.3, 0.4) is 0 Å². The lowest BCUT2D eigenvalue weighted by Gasteiger charge is -2.17. The minimum absolute atomic E-state index is 0.317. The van der Waals surface area contributed by atoms with E-state index in [2.05, 4.69) is 10.4 Å². The molecule has 0 aliphatic rings. The van der Waals surface area contributed by atoms with E-state index in [-0.39, 0.29) is 5.56 Å². The molecule has 29 heavy (non-hydrogen) atoms. The second-order valence-corrected chi connectivity index (χ2v) is 6.63. The predicted molar refractivity (Wildman–Crippen MR) is 112 cm³/mol. The van der Waals surface area contributed by atoms with Crippen molar-refractivity contribution in [2.24, 2.45) is 0 Å². The Bertz CT molecular complexity index is 1080. The van der Waals surface area contributed by atoms with Gasteiger partial charge in [-0.15, -0.1) is 0 Å². The fraction of sp³-hybridized carbons (Fsp3) is 0.190. The van der Waals surface area contributed by atoms with E-state index in [4.69, 9.17) is 21.1 Å². The lowest BCUT2D eigenvalue weighted by atomic mass is 10.1. The topological polar surface area (TPSA) is 82.4 Å². The number of carbonyl (C=O) groups is 1. The Morgan fingerprint density at radius 1 is 1.07 bits per heavy atom. The van der Waals surface area contributed by atoms with E-state index < -0.39 is 11.9 Å². The lowest BCUT2D eigenvalue weighted by molar-refractivity contribution is -0.119. The van der Waals surface area contributed by atoms with Crippen LogP contribution in [0.4, 0.5) is 5.69 Å². The maximum absolute atomic E-state index is 12.8. The molecule has 0 unspecified atom stereocenters. The highest BCUT2D eigenvalue weighted by atomic mass is 35.5. The van der Waals surface area contributed by atoms with Crippen LogP contribution in [0.5, 0.6) is 11.5 Å². The van der Waals surface area contributed by atoms with Crippen LogP contribution in [0.2, 0.25) is 5.02 Å². The number of ether oxygens (including phenoxy) is 2. The molecule has 0 saturated carbocycles. The van der Waals surface area contributed by atoms with Gasteiger partial charge in [-0.05, 0) is 19.1 Å². The number of amides is 1. The van der Waals surface area contributed by atoms with Crippen LogP contribution in [0.15, 0.2) is 59.4 Å². The molecular formula is C21H20ClN3O4. The zero-order chi connectivity index (χ0) is 21.0. The van der Waals surface area contributed by atoms with Gasteiger partial charge in [0, 0.05) is 17.7 Å². The van der Waals surface area contributed by atoms with Gasteiger partial charge < -0.3 is 14.8 Å². The zero-order valence-electron chi connectivity index (χ0n) is 16.2. The summed E-state index contributed by atoms with van der Waals surface area (Å²) in [4.78, 5) is 25.1. The van der Waals surface area contributed by atoms with Crippen LogP contribution in [0.25, 0.3) is 11.3 Å². The molecule has 0 radical (unpaired) electrons. The Hall–Kier alpha value is -3.32. The zero-order valence-corrected chi connectivity index (χ0v) is 16.9. The fourth-order valence-corrected chi connectivity index (χ4v) is 3.01. The van der Waals surface area contributed by atoms with Gasteiger partial charge in [-0.2, -0.15) is 5.10 Å². The van der Waals surface area contributed by atoms with Gasteiger partial charge in [0.05, 0.1) is 30.6 Å². The van der Waals surface area contributed by atoms with Crippen LogP contribution < -0.4 is 20.3 Å². The molecule has 2 aromatic carbocycles. The molecular weight excluding hydrogens is 394 g/mol. The number of carbonyl (C=O) groups excluding carboxylic acids is 1. The average Bonchev–Trinajstić information content (AvgIpc) is 2.74. The number of nitrogens with zero attached hydrogens (tertiary/aromatic N) is 2. The molecule has 7 nitrogen and oxygen atoms in total. The number of hydrogen-bond acceptors (Lipinski definition) is 5. The van der Waals surface area contributed by atoms with E-state index >= 15 is 0 Å². The third-order valence-electron chi connectivity index (χ3n) is 4.37. The predicted octanol–water partition coefficient (Wildman–Crippen LogP) is 3.78.